The predicted octanol–water partition coefficient (Wildman–Crippen LogP) is 3.87. The molecule has 0 bridgehead atoms. The van der Waals surface area contributed by atoms with E-state index < -0.39 is 7.82 Å². The van der Waals surface area contributed by atoms with E-state index in [0.29, 0.717) is 17.6 Å². The Balaban J connectivity index is 3.45. The summed E-state index contributed by atoms with van der Waals surface area (Å²) < 4.78 is 22.2. The Morgan fingerprint density at radius 3 is 2.09 bits per heavy atom. The Kier molecular flexibility index (Phi) is 12.4. The largest absolute Gasteiger partial charge is 0.472 e. The summed E-state index contributed by atoms with van der Waals surface area (Å²) in [6.07, 6.45) is 7.04. The average molecular weight is 351 g/mol. The topological polar surface area (TPSA) is 105 Å². The van der Waals surface area contributed by atoms with Crippen LogP contribution in [0, 0.1) is 0 Å². The van der Waals surface area contributed by atoms with Gasteiger partial charge in [-0.2, -0.15) is 0 Å². The molecule has 23 heavy (non-hydrogen) atoms. The lowest BCUT2D eigenvalue weighted by atomic mass is 10.1. The van der Waals surface area contributed by atoms with E-state index in [1.54, 1.807) is 0 Å². The number of quaternary nitrogens is 1. The maximum atomic E-state index is 11.6. The van der Waals surface area contributed by atoms with Gasteiger partial charge in [-0.1, -0.05) is 37.2 Å². The van der Waals surface area contributed by atoms with Gasteiger partial charge in [0.25, 0.3) is 0 Å². The minimum atomic E-state index is -3.91. The molecule has 0 spiro atoms. The number of hydrogen-bond donors (Lipinski definition) is 1. The Labute approximate surface area is 139 Å². The second-order valence-corrected chi connectivity index (χ2v) is 8.03. The van der Waals surface area contributed by atoms with E-state index in [2.05, 4.69) is 10.0 Å². The number of phosphoric acid groups is 1. The summed E-state index contributed by atoms with van der Waals surface area (Å²) in [5.41, 5.74) is 8.13. The molecule has 0 amide bonds. The van der Waals surface area contributed by atoms with Gasteiger partial charge in [-0.15, -0.1) is 0 Å². The van der Waals surface area contributed by atoms with Gasteiger partial charge in [-0.05, 0) is 18.4 Å². The van der Waals surface area contributed by atoms with Gasteiger partial charge in [-0.3, -0.25) is 9.05 Å². The Bertz CT molecular complexity index is 395. The highest BCUT2D eigenvalue weighted by Crippen LogP contribution is 2.43. The summed E-state index contributed by atoms with van der Waals surface area (Å²) in [6, 6.07) is 0. The number of hydrogen-bond acceptors (Lipinski definition) is 4. The molecule has 9 heteroatoms. The molecule has 0 fully saturated rings. The highest BCUT2D eigenvalue weighted by molar-refractivity contribution is 7.47. The van der Waals surface area contributed by atoms with Crippen molar-refractivity contribution in [3.8, 4) is 0 Å². The van der Waals surface area contributed by atoms with Crippen LogP contribution in [0.1, 0.15) is 44.9 Å². The van der Waals surface area contributed by atoms with Crippen LogP contribution in [0.4, 0.5) is 0 Å². The van der Waals surface area contributed by atoms with Gasteiger partial charge in [0, 0.05) is 11.5 Å². The Hall–Kier alpha value is -0.620. The molecule has 0 saturated heterocycles. The zero-order valence-corrected chi connectivity index (χ0v) is 15.6. The third kappa shape index (κ3) is 17.6. The van der Waals surface area contributed by atoms with Crippen molar-refractivity contribution in [2.75, 3.05) is 47.4 Å². The molecule has 0 aromatic heterocycles. The molecule has 0 radical (unpaired) electrons. The van der Waals surface area contributed by atoms with Crippen molar-refractivity contribution in [3.05, 3.63) is 10.4 Å². The van der Waals surface area contributed by atoms with E-state index in [4.69, 9.17) is 14.6 Å². The molecule has 0 saturated carbocycles. The summed E-state index contributed by atoms with van der Waals surface area (Å²) in [5, 5.41) is 3.49. The van der Waals surface area contributed by atoms with Gasteiger partial charge in [-0.25, -0.2) is 4.57 Å². The van der Waals surface area contributed by atoms with Crippen molar-refractivity contribution in [3.63, 3.8) is 0 Å². The monoisotopic (exact) mass is 351 g/mol. The minimum Gasteiger partial charge on any atom is -0.329 e. The third-order valence-electron chi connectivity index (χ3n) is 3.24. The van der Waals surface area contributed by atoms with Crippen molar-refractivity contribution in [2.45, 2.75) is 44.9 Å². The van der Waals surface area contributed by atoms with Gasteiger partial charge < -0.3 is 9.38 Å². The number of nitrogens with zero attached hydrogens (tertiary/aromatic N) is 4. The van der Waals surface area contributed by atoms with Crippen molar-refractivity contribution in [1.82, 2.24) is 0 Å². The second-order valence-electron chi connectivity index (χ2n) is 6.58. The highest BCUT2D eigenvalue weighted by Gasteiger charge is 2.21. The summed E-state index contributed by atoms with van der Waals surface area (Å²) >= 11 is 0. The number of phosphoric ester groups is 1. The van der Waals surface area contributed by atoms with Crippen LogP contribution in [0.5, 0.6) is 0 Å². The molecule has 0 rings (SSSR count). The normalized spacial score (nSPS) is 14.3. The molecule has 0 aliphatic heterocycles. The van der Waals surface area contributed by atoms with E-state index in [1.165, 1.54) is 0 Å². The smallest absolute Gasteiger partial charge is 0.329 e. The van der Waals surface area contributed by atoms with Crippen LogP contribution >= 0.6 is 7.82 Å². The van der Waals surface area contributed by atoms with Gasteiger partial charge in [0.15, 0.2) is 0 Å². The first-order valence-corrected chi connectivity index (χ1v) is 9.69. The summed E-state index contributed by atoms with van der Waals surface area (Å²) in [7, 11) is 2.06. The van der Waals surface area contributed by atoms with E-state index in [9.17, 15) is 9.46 Å². The third-order valence-corrected chi connectivity index (χ3v) is 4.25. The zero-order valence-electron chi connectivity index (χ0n) is 14.7. The zero-order chi connectivity index (χ0) is 17.6. The lowest BCUT2D eigenvalue weighted by Crippen LogP contribution is -2.37. The fourth-order valence-electron chi connectivity index (χ4n) is 1.86. The summed E-state index contributed by atoms with van der Waals surface area (Å²) in [5.74, 6) is 0. The average Bonchev–Trinajstić information content (AvgIpc) is 2.43. The second kappa shape index (κ2) is 12.8. The van der Waals surface area contributed by atoms with Gasteiger partial charge in [0.1, 0.15) is 13.2 Å². The number of rotatable bonds is 15. The standard InChI is InChI=1S/C14H31N4O4P/c1-18(2,3)12-14-22-23(19,20)21-13-10-8-6-4-5-7-9-11-16-17-15/h4-14H2,1-3H3/p+1. The van der Waals surface area contributed by atoms with Crippen LogP contribution in [0.2, 0.25) is 0 Å². The van der Waals surface area contributed by atoms with E-state index in [-0.39, 0.29) is 13.2 Å². The molecule has 0 aromatic rings. The molecular formula is C14H32N4O4P+. The SMILES string of the molecule is C[N+](C)(C)CCOP(=O)(O)OCCCCCCCCCN=[N+]=[N-]. The van der Waals surface area contributed by atoms with Crippen LogP contribution in [0.15, 0.2) is 5.11 Å². The van der Waals surface area contributed by atoms with Crippen LogP contribution < -0.4 is 0 Å². The molecule has 0 aliphatic rings. The molecular weight excluding hydrogens is 319 g/mol. The van der Waals surface area contributed by atoms with E-state index in [1.807, 2.05) is 21.1 Å². The summed E-state index contributed by atoms with van der Waals surface area (Å²) in [6.45, 7) is 1.67. The molecule has 0 aromatic carbocycles. The minimum absolute atomic E-state index is 0.202. The van der Waals surface area contributed by atoms with Crippen LogP contribution in [-0.2, 0) is 13.6 Å². The molecule has 0 aliphatic carbocycles. The van der Waals surface area contributed by atoms with Crippen molar-refractivity contribution < 1.29 is 23.0 Å². The maximum Gasteiger partial charge on any atom is 0.472 e. The Morgan fingerprint density at radius 2 is 1.52 bits per heavy atom. The molecule has 136 valence electrons. The van der Waals surface area contributed by atoms with Crippen LogP contribution in [0.25, 0.3) is 10.4 Å². The van der Waals surface area contributed by atoms with Crippen molar-refractivity contribution >= 4 is 7.82 Å². The first kappa shape index (κ1) is 22.4. The molecule has 1 atom stereocenters. The number of azide groups is 1. The predicted molar refractivity (Wildman–Crippen MR) is 91.0 cm³/mol. The van der Waals surface area contributed by atoms with Gasteiger partial charge in [0.05, 0.1) is 27.7 Å². The first-order valence-electron chi connectivity index (χ1n) is 8.20. The quantitative estimate of drug-likeness (QED) is 0.121. The first-order chi connectivity index (χ1) is 10.8. The lowest BCUT2D eigenvalue weighted by molar-refractivity contribution is -0.870. The van der Waals surface area contributed by atoms with E-state index >= 15 is 0 Å². The molecule has 0 heterocycles. The molecule has 8 nitrogen and oxygen atoms in total. The van der Waals surface area contributed by atoms with Gasteiger partial charge >= 0.3 is 7.82 Å². The molecule has 1 unspecified atom stereocenters. The van der Waals surface area contributed by atoms with Crippen molar-refractivity contribution in [2.24, 2.45) is 5.11 Å². The Morgan fingerprint density at radius 1 is 1.00 bits per heavy atom. The lowest BCUT2D eigenvalue weighted by Gasteiger charge is -2.24. The van der Waals surface area contributed by atoms with Crippen LogP contribution in [-0.4, -0.2) is 56.8 Å². The van der Waals surface area contributed by atoms with Gasteiger partial charge in [0.2, 0.25) is 0 Å². The number of unbranched alkanes of at least 4 members (excludes halogenated alkanes) is 6. The fourth-order valence-corrected chi connectivity index (χ4v) is 2.61. The molecule has 1 N–H and O–H groups in total. The van der Waals surface area contributed by atoms with E-state index in [0.717, 1.165) is 44.9 Å². The highest BCUT2D eigenvalue weighted by atomic mass is 31.2. The maximum absolute atomic E-state index is 11.6. The van der Waals surface area contributed by atoms with Crippen molar-refractivity contribution in [1.29, 1.82) is 0 Å². The number of likely N-dealkylation sites (N-methyl/N-ethyl adjacent to an activating group) is 1. The summed E-state index contributed by atoms with van der Waals surface area (Å²) in [4.78, 5) is 12.2. The fraction of sp³-hybridized carbons (Fsp3) is 1.00. The van der Waals surface area contributed by atoms with Crippen LogP contribution in [0.3, 0.4) is 0 Å².